The Kier molecular flexibility index (Phi) is 3.52. The van der Waals surface area contributed by atoms with E-state index in [4.69, 9.17) is 10.5 Å². The molecule has 0 aliphatic rings. The highest BCUT2D eigenvalue weighted by atomic mass is 16.5. The molecule has 7 nitrogen and oxygen atoms in total. The van der Waals surface area contributed by atoms with Gasteiger partial charge in [-0.25, -0.2) is 9.67 Å². The molecule has 0 saturated carbocycles. The lowest BCUT2D eigenvalue weighted by Gasteiger charge is -2.04. The van der Waals surface area contributed by atoms with Crippen LogP contribution < -0.4 is 5.73 Å². The molecule has 2 aromatic heterocycles. The maximum Gasteiger partial charge on any atom is 0.328 e. The van der Waals surface area contributed by atoms with Gasteiger partial charge in [-0.15, -0.1) is 5.10 Å². The number of carbonyl (C=O) groups is 1. The minimum atomic E-state index is -0.414. The monoisotopic (exact) mass is 247 g/mol. The predicted molar refractivity (Wildman–Crippen MR) is 63.2 cm³/mol. The van der Waals surface area contributed by atoms with E-state index in [9.17, 15) is 4.79 Å². The number of nitrogen functional groups attached to an aromatic ring is 1. The van der Waals surface area contributed by atoms with E-state index >= 15 is 0 Å². The molecular weight excluding hydrogens is 234 g/mol. The summed E-state index contributed by atoms with van der Waals surface area (Å²) in [5.41, 5.74) is 6.92. The molecule has 2 aromatic rings. The van der Waals surface area contributed by atoms with Crippen LogP contribution in [-0.4, -0.2) is 25.7 Å². The average Bonchev–Trinajstić information content (AvgIpc) is 2.72. The molecule has 18 heavy (non-hydrogen) atoms. The molecule has 2 rings (SSSR count). The van der Waals surface area contributed by atoms with E-state index in [1.807, 2.05) is 19.1 Å². The number of pyridine rings is 1. The van der Waals surface area contributed by atoms with Crippen molar-refractivity contribution in [2.24, 2.45) is 0 Å². The van der Waals surface area contributed by atoms with Gasteiger partial charge in [-0.3, -0.25) is 9.78 Å². The van der Waals surface area contributed by atoms with Gasteiger partial charge in [0.2, 0.25) is 5.95 Å². The van der Waals surface area contributed by atoms with Crippen LogP contribution in [0.4, 0.5) is 5.95 Å². The quantitative estimate of drug-likeness (QED) is 0.781. The maximum atomic E-state index is 11.5. The highest BCUT2D eigenvalue weighted by molar-refractivity contribution is 5.69. The van der Waals surface area contributed by atoms with E-state index in [0.717, 1.165) is 5.69 Å². The number of aryl methyl sites for hydroxylation is 1. The number of nitrogens with two attached hydrogens (primary N) is 1. The lowest BCUT2D eigenvalue weighted by Crippen LogP contribution is -2.14. The maximum absolute atomic E-state index is 11.5. The average molecular weight is 247 g/mol. The van der Waals surface area contributed by atoms with E-state index in [2.05, 4.69) is 15.1 Å². The Morgan fingerprint density at radius 2 is 2.33 bits per heavy atom. The van der Waals surface area contributed by atoms with Crippen molar-refractivity contribution in [3.63, 3.8) is 0 Å². The second kappa shape index (κ2) is 5.26. The zero-order valence-electron chi connectivity index (χ0n) is 9.91. The molecule has 0 amide bonds. The number of hydrogen-bond acceptors (Lipinski definition) is 6. The van der Waals surface area contributed by atoms with Crippen molar-refractivity contribution in [3.05, 3.63) is 35.9 Å². The van der Waals surface area contributed by atoms with Gasteiger partial charge in [0.15, 0.2) is 0 Å². The van der Waals surface area contributed by atoms with Crippen LogP contribution in [0.5, 0.6) is 0 Å². The number of ether oxygens (including phenoxy) is 1. The van der Waals surface area contributed by atoms with Crippen molar-refractivity contribution in [2.45, 2.75) is 20.1 Å². The topological polar surface area (TPSA) is 95.9 Å². The Labute approximate surface area is 104 Å². The third-order valence-corrected chi connectivity index (χ3v) is 2.17. The summed E-state index contributed by atoms with van der Waals surface area (Å²) in [5, 5.41) is 3.79. The van der Waals surface area contributed by atoms with Crippen molar-refractivity contribution in [3.8, 4) is 0 Å². The first kappa shape index (κ1) is 12.0. The van der Waals surface area contributed by atoms with Crippen molar-refractivity contribution in [1.29, 1.82) is 0 Å². The molecule has 0 aliphatic heterocycles. The molecule has 2 heterocycles. The van der Waals surface area contributed by atoms with Crippen molar-refractivity contribution in [2.75, 3.05) is 5.73 Å². The number of anilines is 1. The summed E-state index contributed by atoms with van der Waals surface area (Å²) >= 11 is 0. The fourth-order valence-electron chi connectivity index (χ4n) is 1.40. The predicted octanol–water partition coefficient (Wildman–Crippen LogP) is 0.307. The summed E-state index contributed by atoms with van der Waals surface area (Å²) in [5.74, 6) is -0.286. The van der Waals surface area contributed by atoms with Crippen LogP contribution in [0.15, 0.2) is 24.5 Å². The third-order valence-electron chi connectivity index (χ3n) is 2.17. The van der Waals surface area contributed by atoms with Crippen LogP contribution in [0.2, 0.25) is 0 Å². The molecule has 0 radical (unpaired) electrons. The Balaban J connectivity index is 1.85. The zero-order valence-corrected chi connectivity index (χ0v) is 9.91. The summed E-state index contributed by atoms with van der Waals surface area (Å²) in [6, 6.07) is 5.54. The summed E-state index contributed by atoms with van der Waals surface area (Å²) in [6.07, 6.45) is 1.38. The molecule has 0 bridgehead atoms. The summed E-state index contributed by atoms with van der Waals surface area (Å²) < 4.78 is 6.39. The Bertz CT molecular complexity index is 552. The van der Waals surface area contributed by atoms with Crippen LogP contribution in [-0.2, 0) is 22.7 Å². The highest BCUT2D eigenvalue weighted by Crippen LogP contribution is 2.01. The molecule has 0 fully saturated rings. The van der Waals surface area contributed by atoms with E-state index in [0.29, 0.717) is 5.69 Å². The number of hydrogen-bond donors (Lipinski definition) is 1. The Morgan fingerprint density at radius 3 is 3.00 bits per heavy atom. The molecule has 0 spiro atoms. The molecule has 0 saturated heterocycles. The van der Waals surface area contributed by atoms with Crippen molar-refractivity contribution >= 4 is 11.9 Å². The first-order valence-electron chi connectivity index (χ1n) is 5.36. The molecule has 0 atom stereocenters. The van der Waals surface area contributed by atoms with Gasteiger partial charge in [0, 0.05) is 5.69 Å². The van der Waals surface area contributed by atoms with Crippen LogP contribution in [0.3, 0.4) is 0 Å². The summed E-state index contributed by atoms with van der Waals surface area (Å²) in [7, 11) is 0. The van der Waals surface area contributed by atoms with Gasteiger partial charge in [0.05, 0.1) is 5.69 Å². The van der Waals surface area contributed by atoms with Gasteiger partial charge in [-0.2, -0.15) is 0 Å². The summed E-state index contributed by atoms with van der Waals surface area (Å²) in [6.45, 7) is 2.00. The fraction of sp³-hybridized carbons (Fsp3) is 0.273. The zero-order chi connectivity index (χ0) is 13.0. The third kappa shape index (κ3) is 3.27. The summed E-state index contributed by atoms with van der Waals surface area (Å²) in [4.78, 5) is 19.4. The standard InChI is InChI=1S/C11H13N5O2/c1-8-3-2-4-9(14-8)6-18-10(17)5-16-7-13-11(12)15-16/h2-4,7H,5-6H2,1H3,(H2,12,15). The van der Waals surface area contributed by atoms with Crippen molar-refractivity contribution < 1.29 is 9.53 Å². The number of nitrogens with zero attached hydrogens (tertiary/aromatic N) is 4. The second-order valence-corrected chi connectivity index (χ2v) is 3.73. The van der Waals surface area contributed by atoms with E-state index < -0.39 is 5.97 Å². The lowest BCUT2D eigenvalue weighted by atomic mass is 10.3. The molecular formula is C11H13N5O2. The van der Waals surface area contributed by atoms with Gasteiger partial charge in [0.1, 0.15) is 19.5 Å². The minimum absolute atomic E-state index is 0.0178. The largest absolute Gasteiger partial charge is 0.458 e. The molecule has 2 N–H and O–H groups in total. The number of aromatic nitrogens is 4. The Hall–Kier alpha value is -2.44. The first-order chi connectivity index (χ1) is 8.63. The lowest BCUT2D eigenvalue weighted by molar-refractivity contribution is -0.146. The molecule has 7 heteroatoms. The van der Waals surface area contributed by atoms with E-state index in [-0.39, 0.29) is 19.1 Å². The van der Waals surface area contributed by atoms with Crippen LogP contribution in [0, 0.1) is 6.92 Å². The van der Waals surface area contributed by atoms with Crippen LogP contribution >= 0.6 is 0 Å². The van der Waals surface area contributed by atoms with Gasteiger partial charge in [-0.05, 0) is 19.1 Å². The van der Waals surface area contributed by atoms with Gasteiger partial charge in [0.25, 0.3) is 0 Å². The van der Waals surface area contributed by atoms with Gasteiger partial charge in [-0.1, -0.05) is 6.07 Å². The van der Waals surface area contributed by atoms with E-state index in [1.54, 1.807) is 6.07 Å². The second-order valence-electron chi connectivity index (χ2n) is 3.73. The van der Waals surface area contributed by atoms with Crippen LogP contribution in [0.1, 0.15) is 11.4 Å². The smallest absolute Gasteiger partial charge is 0.328 e. The Morgan fingerprint density at radius 1 is 1.50 bits per heavy atom. The minimum Gasteiger partial charge on any atom is -0.458 e. The fourth-order valence-corrected chi connectivity index (χ4v) is 1.40. The van der Waals surface area contributed by atoms with Gasteiger partial charge < -0.3 is 10.5 Å². The first-order valence-corrected chi connectivity index (χ1v) is 5.36. The SMILES string of the molecule is Cc1cccc(COC(=O)Cn2cnc(N)n2)n1. The number of rotatable bonds is 4. The number of carbonyl (C=O) groups excluding carboxylic acids is 1. The van der Waals surface area contributed by atoms with Crippen LogP contribution in [0.25, 0.3) is 0 Å². The van der Waals surface area contributed by atoms with Gasteiger partial charge >= 0.3 is 5.97 Å². The molecule has 0 aliphatic carbocycles. The molecule has 0 unspecified atom stereocenters. The molecule has 0 aromatic carbocycles. The van der Waals surface area contributed by atoms with E-state index in [1.165, 1.54) is 11.0 Å². The van der Waals surface area contributed by atoms with Crippen molar-refractivity contribution in [1.82, 2.24) is 19.7 Å². The molecule has 94 valence electrons. The highest BCUT2D eigenvalue weighted by Gasteiger charge is 2.06. The number of esters is 1. The normalized spacial score (nSPS) is 10.3.